The lowest BCUT2D eigenvalue weighted by Crippen LogP contribution is -2.37. The number of methoxy groups -OCH3 is 1. The zero-order valence-corrected chi connectivity index (χ0v) is 12.0. The van der Waals surface area contributed by atoms with Crippen molar-refractivity contribution in [1.29, 1.82) is 0 Å². The SMILES string of the molecule is COC1=NC(C(C)C)C(=O)N=C1C(=O)c1ccc(O)cc1. The van der Waals surface area contributed by atoms with Crippen molar-refractivity contribution in [2.45, 2.75) is 19.9 Å². The van der Waals surface area contributed by atoms with Crippen LogP contribution in [-0.4, -0.2) is 41.6 Å². The van der Waals surface area contributed by atoms with Crippen LogP contribution in [0.15, 0.2) is 34.3 Å². The van der Waals surface area contributed by atoms with Gasteiger partial charge in [0.25, 0.3) is 5.91 Å². The summed E-state index contributed by atoms with van der Waals surface area (Å²) in [6.07, 6.45) is 0. The normalized spacial score (nSPS) is 18.3. The molecule has 21 heavy (non-hydrogen) atoms. The minimum absolute atomic E-state index is 0.0308. The molecule has 0 spiro atoms. The number of hydrogen-bond donors (Lipinski definition) is 1. The zero-order valence-electron chi connectivity index (χ0n) is 12.0. The first-order valence-electron chi connectivity index (χ1n) is 6.52. The van der Waals surface area contributed by atoms with Crippen LogP contribution in [0.3, 0.4) is 0 Å². The average Bonchev–Trinajstić information content (AvgIpc) is 2.46. The highest BCUT2D eigenvalue weighted by atomic mass is 16.5. The molecule has 1 amide bonds. The second kappa shape index (κ2) is 5.87. The van der Waals surface area contributed by atoms with Gasteiger partial charge in [-0.2, -0.15) is 0 Å². The molecule has 6 heteroatoms. The minimum Gasteiger partial charge on any atom is -0.508 e. The number of aromatic hydroxyl groups is 1. The summed E-state index contributed by atoms with van der Waals surface area (Å²) in [5.74, 6) is -0.837. The zero-order chi connectivity index (χ0) is 15.6. The standard InChI is InChI=1S/C15H16N2O4/c1-8(2)11-14(20)16-12(15(17-11)21-3)13(19)9-4-6-10(18)7-5-9/h4-8,11,18H,1-3H3. The van der Waals surface area contributed by atoms with E-state index >= 15 is 0 Å². The third-order valence-electron chi connectivity index (χ3n) is 3.10. The van der Waals surface area contributed by atoms with Crippen molar-refractivity contribution in [3.8, 4) is 5.75 Å². The number of phenolic OH excluding ortho intramolecular Hbond substituents is 1. The van der Waals surface area contributed by atoms with Gasteiger partial charge in [0.05, 0.1) is 7.11 Å². The summed E-state index contributed by atoms with van der Waals surface area (Å²) < 4.78 is 5.10. The summed E-state index contributed by atoms with van der Waals surface area (Å²) in [5, 5.41) is 9.24. The highest BCUT2D eigenvalue weighted by molar-refractivity contribution is 6.70. The maximum Gasteiger partial charge on any atom is 0.271 e. The van der Waals surface area contributed by atoms with Gasteiger partial charge in [-0.05, 0) is 30.2 Å². The van der Waals surface area contributed by atoms with E-state index in [1.54, 1.807) is 0 Å². The molecule has 1 aliphatic rings. The molecular weight excluding hydrogens is 272 g/mol. The quantitative estimate of drug-likeness (QED) is 0.856. The van der Waals surface area contributed by atoms with Crippen LogP contribution in [-0.2, 0) is 9.53 Å². The molecule has 1 unspecified atom stereocenters. The summed E-state index contributed by atoms with van der Waals surface area (Å²) in [5.41, 5.74) is 0.192. The lowest BCUT2D eigenvalue weighted by Gasteiger charge is -2.19. The molecule has 1 N–H and O–H groups in total. The van der Waals surface area contributed by atoms with Crippen molar-refractivity contribution in [1.82, 2.24) is 0 Å². The molecule has 0 saturated heterocycles. The Morgan fingerprint density at radius 3 is 2.43 bits per heavy atom. The first-order valence-corrected chi connectivity index (χ1v) is 6.52. The molecule has 1 heterocycles. The fraction of sp³-hybridized carbons (Fsp3) is 0.333. The third kappa shape index (κ3) is 2.99. The second-order valence-electron chi connectivity index (χ2n) is 5.00. The van der Waals surface area contributed by atoms with Gasteiger partial charge in [-0.3, -0.25) is 9.59 Å². The maximum absolute atomic E-state index is 12.4. The monoisotopic (exact) mass is 288 g/mol. The number of rotatable bonds is 3. The van der Waals surface area contributed by atoms with E-state index in [9.17, 15) is 14.7 Å². The van der Waals surface area contributed by atoms with Crippen molar-refractivity contribution >= 4 is 23.3 Å². The van der Waals surface area contributed by atoms with E-state index in [4.69, 9.17) is 4.74 Å². The van der Waals surface area contributed by atoms with Gasteiger partial charge in [0.2, 0.25) is 11.7 Å². The Morgan fingerprint density at radius 1 is 1.29 bits per heavy atom. The minimum atomic E-state index is -0.628. The van der Waals surface area contributed by atoms with Crippen LogP contribution in [0.5, 0.6) is 5.75 Å². The number of nitrogens with zero attached hydrogens (tertiary/aromatic N) is 2. The summed E-state index contributed by atoms with van der Waals surface area (Å²) in [6.45, 7) is 3.70. The number of carbonyl (C=O) groups excluding carboxylic acids is 2. The highest BCUT2D eigenvalue weighted by Crippen LogP contribution is 2.17. The average molecular weight is 288 g/mol. The van der Waals surface area contributed by atoms with Crippen molar-refractivity contribution in [2.24, 2.45) is 15.9 Å². The first kappa shape index (κ1) is 14.9. The molecule has 2 rings (SSSR count). The Hall–Kier alpha value is -2.50. The summed E-state index contributed by atoms with van der Waals surface area (Å²) >= 11 is 0. The molecule has 6 nitrogen and oxygen atoms in total. The molecule has 0 aliphatic carbocycles. The Kier molecular flexibility index (Phi) is 4.16. The van der Waals surface area contributed by atoms with E-state index in [-0.39, 0.29) is 23.3 Å². The molecule has 1 aromatic rings. The van der Waals surface area contributed by atoms with Gasteiger partial charge >= 0.3 is 0 Å². The smallest absolute Gasteiger partial charge is 0.271 e. The van der Waals surface area contributed by atoms with Crippen LogP contribution < -0.4 is 0 Å². The Labute approximate surface area is 122 Å². The predicted molar refractivity (Wildman–Crippen MR) is 77.9 cm³/mol. The van der Waals surface area contributed by atoms with Gasteiger partial charge in [0, 0.05) is 5.56 Å². The third-order valence-corrected chi connectivity index (χ3v) is 3.10. The van der Waals surface area contributed by atoms with Gasteiger partial charge < -0.3 is 9.84 Å². The molecule has 0 fully saturated rings. The molecule has 0 saturated carbocycles. The van der Waals surface area contributed by atoms with E-state index < -0.39 is 17.7 Å². The Morgan fingerprint density at radius 2 is 1.90 bits per heavy atom. The summed E-state index contributed by atoms with van der Waals surface area (Å²) in [6, 6.07) is 5.05. The van der Waals surface area contributed by atoms with Gasteiger partial charge in [-0.15, -0.1) is 0 Å². The van der Waals surface area contributed by atoms with Crippen LogP contribution >= 0.6 is 0 Å². The van der Waals surface area contributed by atoms with Gasteiger partial charge in [0.1, 0.15) is 11.8 Å². The van der Waals surface area contributed by atoms with Crippen LogP contribution in [0.1, 0.15) is 24.2 Å². The first-order chi connectivity index (χ1) is 9.93. The Bertz CT molecular complexity index is 630. The number of ether oxygens (including phenoxy) is 1. The number of amides is 1. The van der Waals surface area contributed by atoms with E-state index in [0.717, 1.165) is 0 Å². The van der Waals surface area contributed by atoms with E-state index in [2.05, 4.69) is 9.98 Å². The number of hydrogen-bond acceptors (Lipinski definition) is 5. The van der Waals surface area contributed by atoms with Gasteiger partial charge in [-0.1, -0.05) is 13.8 Å². The molecule has 0 radical (unpaired) electrons. The van der Waals surface area contributed by atoms with Crippen molar-refractivity contribution < 1.29 is 19.4 Å². The maximum atomic E-state index is 12.4. The second-order valence-corrected chi connectivity index (χ2v) is 5.00. The Balaban J connectivity index is 2.36. The van der Waals surface area contributed by atoms with Crippen LogP contribution in [0, 0.1) is 5.92 Å². The fourth-order valence-corrected chi connectivity index (χ4v) is 1.95. The predicted octanol–water partition coefficient (Wildman–Crippen LogP) is 1.63. The molecule has 110 valence electrons. The molecule has 1 aliphatic heterocycles. The molecule has 0 bridgehead atoms. The molecule has 0 aromatic heterocycles. The molecule has 1 aromatic carbocycles. The van der Waals surface area contributed by atoms with E-state index in [1.165, 1.54) is 31.4 Å². The molecular formula is C15H16N2O4. The number of Topliss-reactive ketones (excluding diaryl/α,β-unsaturated/α-hetero) is 1. The topological polar surface area (TPSA) is 88.3 Å². The number of benzene rings is 1. The number of carbonyl (C=O) groups is 2. The fourth-order valence-electron chi connectivity index (χ4n) is 1.95. The summed E-state index contributed by atoms with van der Waals surface area (Å²) in [4.78, 5) is 32.3. The lowest BCUT2D eigenvalue weighted by atomic mass is 10.0. The van der Waals surface area contributed by atoms with Crippen LogP contribution in [0.4, 0.5) is 0 Å². The van der Waals surface area contributed by atoms with Crippen molar-refractivity contribution in [3.63, 3.8) is 0 Å². The van der Waals surface area contributed by atoms with Crippen LogP contribution in [0.2, 0.25) is 0 Å². The number of ketones is 1. The summed E-state index contributed by atoms with van der Waals surface area (Å²) in [7, 11) is 1.38. The van der Waals surface area contributed by atoms with Crippen LogP contribution in [0.25, 0.3) is 0 Å². The van der Waals surface area contributed by atoms with E-state index in [1.807, 2.05) is 13.8 Å². The van der Waals surface area contributed by atoms with Gasteiger partial charge in [-0.25, -0.2) is 9.98 Å². The number of aliphatic imine (C=N–C) groups is 2. The highest BCUT2D eigenvalue weighted by Gasteiger charge is 2.32. The van der Waals surface area contributed by atoms with Crippen molar-refractivity contribution in [2.75, 3.05) is 7.11 Å². The largest absolute Gasteiger partial charge is 0.508 e. The lowest BCUT2D eigenvalue weighted by molar-refractivity contribution is -0.119. The molecule has 1 atom stereocenters. The number of phenols is 1. The van der Waals surface area contributed by atoms with Gasteiger partial charge in [0.15, 0.2) is 5.71 Å². The van der Waals surface area contributed by atoms with Crippen molar-refractivity contribution in [3.05, 3.63) is 29.8 Å². The van der Waals surface area contributed by atoms with E-state index in [0.29, 0.717) is 5.56 Å².